The van der Waals surface area contributed by atoms with Gasteiger partial charge in [-0.2, -0.15) is 18.3 Å². The molecule has 5 rings (SSSR count). The summed E-state index contributed by atoms with van der Waals surface area (Å²) in [5, 5.41) is 11.7. The lowest BCUT2D eigenvalue weighted by atomic mass is 10.2. The number of rotatable bonds is 5. The van der Waals surface area contributed by atoms with Crippen LogP contribution in [-0.2, 0) is 19.1 Å². The quantitative estimate of drug-likeness (QED) is 0.658. The Morgan fingerprint density at radius 3 is 2.68 bits per heavy atom. The zero-order valence-corrected chi connectivity index (χ0v) is 14.6. The van der Waals surface area contributed by atoms with Gasteiger partial charge in [0.2, 0.25) is 18.6 Å². The van der Waals surface area contributed by atoms with Crippen molar-refractivity contribution in [3.63, 3.8) is 0 Å². The number of hydrogen-bond acceptors (Lipinski definition) is 6. The van der Waals surface area contributed by atoms with Crippen LogP contribution in [0, 0.1) is 0 Å². The molecule has 1 saturated carbocycles. The van der Waals surface area contributed by atoms with Crippen LogP contribution in [0.1, 0.15) is 36.0 Å². The van der Waals surface area contributed by atoms with Gasteiger partial charge in [-0.05, 0) is 37.1 Å². The van der Waals surface area contributed by atoms with E-state index in [1.165, 1.54) is 4.68 Å². The molecule has 0 bridgehead atoms. The van der Waals surface area contributed by atoms with E-state index in [2.05, 4.69) is 15.3 Å². The number of alkyl halides is 3. The molecular formula is C18H15F3N4O3. The first-order valence-electron chi connectivity index (χ1n) is 8.85. The van der Waals surface area contributed by atoms with Gasteiger partial charge in [-0.25, -0.2) is 0 Å². The van der Waals surface area contributed by atoms with Gasteiger partial charge in [-0.3, -0.25) is 4.68 Å². The van der Waals surface area contributed by atoms with Gasteiger partial charge in [0.15, 0.2) is 17.2 Å². The third-order valence-electron chi connectivity index (χ3n) is 4.72. The van der Waals surface area contributed by atoms with Crippen molar-refractivity contribution >= 4 is 0 Å². The molecule has 0 N–H and O–H groups in total. The first-order chi connectivity index (χ1) is 13.5. The standard InChI is InChI=1S/C18H15F3N4O3/c19-18(20,21)15-8-12(10-1-2-10)25(24-15)6-5-16-22-23-17(28-16)11-3-4-13-14(7-11)27-9-26-13/h3-4,7-8,10H,1-2,5-6,9H2. The van der Waals surface area contributed by atoms with E-state index >= 15 is 0 Å². The van der Waals surface area contributed by atoms with Crippen LogP contribution in [0.4, 0.5) is 13.2 Å². The van der Waals surface area contributed by atoms with Crippen molar-refractivity contribution in [3.8, 4) is 23.0 Å². The minimum atomic E-state index is -4.45. The minimum absolute atomic E-state index is 0.149. The fourth-order valence-corrected chi connectivity index (χ4v) is 3.16. The highest BCUT2D eigenvalue weighted by molar-refractivity contribution is 5.60. The van der Waals surface area contributed by atoms with E-state index in [4.69, 9.17) is 13.9 Å². The van der Waals surface area contributed by atoms with Gasteiger partial charge in [-0.1, -0.05) is 0 Å². The Morgan fingerprint density at radius 1 is 1.07 bits per heavy atom. The number of aromatic nitrogens is 4. The molecular weight excluding hydrogens is 377 g/mol. The highest BCUT2D eigenvalue weighted by Gasteiger charge is 2.37. The summed E-state index contributed by atoms with van der Waals surface area (Å²) in [6.07, 6.45) is -2.39. The van der Waals surface area contributed by atoms with E-state index in [1.54, 1.807) is 18.2 Å². The fraction of sp³-hybridized carbons (Fsp3) is 0.389. The Hall–Kier alpha value is -3.04. The van der Waals surface area contributed by atoms with Gasteiger partial charge in [0.25, 0.3) is 0 Å². The van der Waals surface area contributed by atoms with E-state index in [0.29, 0.717) is 34.5 Å². The fourth-order valence-electron chi connectivity index (χ4n) is 3.16. The number of fused-ring (bicyclic) bond motifs is 1. The van der Waals surface area contributed by atoms with Gasteiger partial charge >= 0.3 is 6.18 Å². The van der Waals surface area contributed by atoms with Gasteiger partial charge in [0.1, 0.15) is 0 Å². The van der Waals surface area contributed by atoms with Crippen LogP contribution in [0.2, 0.25) is 0 Å². The second kappa shape index (κ2) is 6.25. The molecule has 3 heterocycles. The van der Waals surface area contributed by atoms with Crippen LogP contribution in [-0.4, -0.2) is 26.8 Å². The summed E-state index contributed by atoms with van der Waals surface area (Å²) in [6, 6.07) is 6.42. The number of hydrogen-bond donors (Lipinski definition) is 0. The molecule has 1 aliphatic heterocycles. The molecule has 146 valence electrons. The van der Waals surface area contributed by atoms with Gasteiger partial charge in [0, 0.05) is 30.1 Å². The van der Waals surface area contributed by atoms with Crippen molar-refractivity contribution in [2.45, 2.75) is 37.9 Å². The molecule has 3 aromatic rings. The Kier molecular flexibility index (Phi) is 3.81. The maximum atomic E-state index is 13.0. The number of benzene rings is 1. The van der Waals surface area contributed by atoms with Crippen LogP contribution in [0.3, 0.4) is 0 Å². The monoisotopic (exact) mass is 392 g/mol. The number of aryl methyl sites for hydroxylation is 2. The van der Waals surface area contributed by atoms with Crippen LogP contribution in [0.5, 0.6) is 11.5 Å². The highest BCUT2D eigenvalue weighted by atomic mass is 19.4. The molecule has 2 aromatic heterocycles. The molecule has 1 aliphatic carbocycles. The van der Waals surface area contributed by atoms with Crippen LogP contribution >= 0.6 is 0 Å². The van der Waals surface area contributed by atoms with Crippen molar-refractivity contribution < 1.29 is 27.1 Å². The largest absolute Gasteiger partial charge is 0.454 e. The molecule has 7 nitrogen and oxygen atoms in total. The summed E-state index contributed by atoms with van der Waals surface area (Å²) in [4.78, 5) is 0. The first kappa shape index (κ1) is 17.1. The third kappa shape index (κ3) is 3.19. The lowest BCUT2D eigenvalue weighted by Crippen LogP contribution is -2.10. The van der Waals surface area contributed by atoms with Crippen molar-refractivity contribution in [1.82, 2.24) is 20.0 Å². The Balaban J connectivity index is 1.32. The van der Waals surface area contributed by atoms with Crippen molar-refractivity contribution in [2.24, 2.45) is 0 Å². The topological polar surface area (TPSA) is 75.2 Å². The third-order valence-corrected chi connectivity index (χ3v) is 4.72. The average Bonchev–Trinajstić information content (AvgIpc) is 3.10. The molecule has 28 heavy (non-hydrogen) atoms. The Labute approximate surface area is 157 Å². The van der Waals surface area contributed by atoms with E-state index in [-0.39, 0.29) is 25.7 Å². The second-order valence-corrected chi connectivity index (χ2v) is 6.77. The molecule has 0 atom stereocenters. The van der Waals surface area contributed by atoms with E-state index < -0.39 is 11.9 Å². The van der Waals surface area contributed by atoms with Gasteiger partial charge < -0.3 is 13.9 Å². The molecule has 0 unspecified atom stereocenters. The summed E-state index contributed by atoms with van der Waals surface area (Å²) >= 11 is 0. The van der Waals surface area contributed by atoms with Crippen molar-refractivity contribution in [2.75, 3.05) is 6.79 Å². The molecule has 0 radical (unpaired) electrons. The van der Waals surface area contributed by atoms with Crippen LogP contribution < -0.4 is 9.47 Å². The van der Waals surface area contributed by atoms with E-state index in [9.17, 15) is 13.2 Å². The lowest BCUT2D eigenvalue weighted by molar-refractivity contribution is -0.141. The predicted molar refractivity (Wildman–Crippen MR) is 88.8 cm³/mol. The Morgan fingerprint density at radius 2 is 1.89 bits per heavy atom. The second-order valence-electron chi connectivity index (χ2n) is 6.77. The normalized spacial score (nSPS) is 16.0. The van der Waals surface area contributed by atoms with Crippen LogP contribution in [0.15, 0.2) is 28.7 Å². The van der Waals surface area contributed by atoms with E-state index in [1.807, 2.05) is 0 Å². The molecule has 1 aromatic carbocycles. The van der Waals surface area contributed by atoms with Crippen LogP contribution in [0.25, 0.3) is 11.5 Å². The zero-order chi connectivity index (χ0) is 19.3. The summed E-state index contributed by atoms with van der Waals surface area (Å²) in [7, 11) is 0. The molecule has 1 fully saturated rings. The first-order valence-corrected chi connectivity index (χ1v) is 8.85. The summed E-state index contributed by atoms with van der Waals surface area (Å²) < 4.78 is 56.6. The van der Waals surface area contributed by atoms with Crippen molar-refractivity contribution in [1.29, 1.82) is 0 Å². The molecule has 0 amide bonds. The predicted octanol–water partition coefficient (Wildman–Crippen LogP) is 3.80. The molecule has 2 aliphatic rings. The highest BCUT2D eigenvalue weighted by Crippen LogP contribution is 2.42. The van der Waals surface area contributed by atoms with E-state index in [0.717, 1.165) is 18.9 Å². The lowest BCUT2D eigenvalue weighted by Gasteiger charge is -2.04. The zero-order valence-electron chi connectivity index (χ0n) is 14.6. The number of halogens is 3. The molecule has 0 saturated heterocycles. The van der Waals surface area contributed by atoms with Gasteiger partial charge in [-0.15, -0.1) is 10.2 Å². The summed E-state index contributed by atoms with van der Waals surface area (Å²) in [5.41, 5.74) is 0.434. The number of ether oxygens (including phenoxy) is 2. The minimum Gasteiger partial charge on any atom is -0.454 e. The SMILES string of the molecule is FC(F)(F)c1cc(C2CC2)n(CCc2nnc(-c3ccc4c(c3)OCO4)o2)n1. The smallest absolute Gasteiger partial charge is 0.435 e. The summed E-state index contributed by atoms with van der Waals surface area (Å²) in [6.45, 7) is 0.408. The van der Waals surface area contributed by atoms with Crippen molar-refractivity contribution in [3.05, 3.63) is 41.5 Å². The Bertz CT molecular complexity index is 1020. The maximum Gasteiger partial charge on any atom is 0.435 e. The average molecular weight is 392 g/mol. The summed E-state index contributed by atoms with van der Waals surface area (Å²) in [5.74, 6) is 2.04. The maximum absolute atomic E-state index is 13.0. The van der Waals surface area contributed by atoms with Gasteiger partial charge in [0.05, 0.1) is 0 Å². The molecule has 10 heteroatoms. The molecule has 0 spiro atoms. The number of nitrogens with zero attached hydrogens (tertiary/aromatic N) is 4.